The van der Waals surface area contributed by atoms with Crippen molar-refractivity contribution < 1.29 is 18.7 Å². The summed E-state index contributed by atoms with van der Waals surface area (Å²) in [7, 11) is 1.68. The Morgan fingerprint density at radius 1 is 1.19 bits per heavy atom. The highest BCUT2D eigenvalue weighted by Crippen LogP contribution is 2.23. The number of aromatic nitrogens is 3. The Kier molecular flexibility index (Phi) is 4.71. The van der Waals surface area contributed by atoms with Crippen LogP contribution in [0.5, 0.6) is 0 Å². The van der Waals surface area contributed by atoms with Gasteiger partial charge in [0.05, 0.1) is 0 Å². The lowest BCUT2D eigenvalue weighted by atomic mass is 10.1. The number of ether oxygens (including phenoxy) is 1. The highest BCUT2D eigenvalue weighted by Gasteiger charge is 2.22. The van der Waals surface area contributed by atoms with Gasteiger partial charge in [-0.25, -0.2) is 4.79 Å². The van der Waals surface area contributed by atoms with E-state index in [0.29, 0.717) is 11.5 Å². The summed E-state index contributed by atoms with van der Waals surface area (Å²) in [4.78, 5) is 23.8. The quantitative estimate of drug-likeness (QED) is 0.515. The molecule has 0 aliphatic rings. The predicted octanol–water partition coefficient (Wildman–Crippen LogP) is 3.50. The van der Waals surface area contributed by atoms with Crippen molar-refractivity contribution in [3.63, 3.8) is 0 Å². The topological polar surface area (TPSA) is 87.2 Å². The van der Waals surface area contributed by atoms with Crippen LogP contribution in [0.3, 0.4) is 0 Å². The van der Waals surface area contributed by atoms with Crippen molar-refractivity contribution in [1.29, 1.82) is 0 Å². The predicted molar refractivity (Wildman–Crippen MR) is 93.7 cm³/mol. The first-order valence-electron chi connectivity index (χ1n) is 8.14. The van der Waals surface area contributed by atoms with Gasteiger partial charge < -0.3 is 13.7 Å². The van der Waals surface area contributed by atoms with Gasteiger partial charge in [-0.1, -0.05) is 17.7 Å². The molecule has 134 valence electrons. The van der Waals surface area contributed by atoms with Gasteiger partial charge in [-0.15, -0.1) is 10.2 Å². The summed E-state index contributed by atoms with van der Waals surface area (Å²) in [5, 5.41) is 7.97. The van der Waals surface area contributed by atoms with Crippen molar-refractivity contribution in [2.45, 2.75) is 26.9 Å². The minimum atomic E-state index is -0.718. The standard InChI is InChI=1S/C19H19N3O4/c1-11-5-7-14(8-6-11)18-21-20-17(26-18)13(3)25-19(24)16-9-15(12(2)23)10-22(16)4/h5-10,13H,1-4H3/t13-/m1/s1. The average Bonchev–Trinajstić information content (AvgIpc) is 3.22. The van der Waals surface area contributed by atoms with E-state index in [1.54, 1.807) is 24.7 Å². The maximum absolute atomic E-state index is 12.4. The van der Waals surface area contributed by atoms with Gasteiger partial charge in [-0.05, 0) is 39.0 Å². The monoisotopic (exact) mass is 353 g/mol. The number of ketones is 1. The average molecular weight is 353 g/mol. The van der Waals surface area contributed by atoms with Gasteiger partial charge in [0.15, 0.2) is 11.9 Å². The molecule has 0 amide bonds. The van der Waals surface area contributed by atoms with E-state index >= 15 is 0 Å². The SMILES string of the molecule is CC(=O)c1cc(C(=O)O[C@H](C)c2nnc(-c3ccc(C)cc3)o2)n(C)c1. The van der Waals surface area contributed by atoms with Crippen LogP contribution in [0.4, 0.5) is 0 Å². The number of rotatable bonds is 5. The van der Waals surface area contributed by atoms with Gasteiger partial charge in [0, 0.05) is 24.4 Å². The van der Waals surface area contributed by atoms with E-state index in [9.17, 15) is 9.59 Å². The summed E-state index contributed by atoms with van der Waals surface area (Å²) in [6, 6.07) is 9.17. The molecular weight excluding hydrogens is 334 g/mol. The third-order valence-electron chi connectivity index (χ3n) is 3.99. The molecule has 0 saturated heterocycles. The number of Topliss-reactive ketones (excluding diaryl/α,β-unsaturated/α-hetero) is 1. The third kappa shape index (κ3) is 3.56. The Bertz CT molecular complexity index is 954. The Labute approximate surface area is 150 Å². The first-order valence-corrected chi connectivity index (χ1v) is 8.14. The van der Waals surface area contributed by atoms with Crippen molar-refractivity contribution in [1.82, 2.24) is 14.8 Å². The molecule has 2 aromatic heterocycles. The minimum absolute atomic E-state index is 0.118. The molecule has 7 nitrogen and oxygen atoms in total. The number of benzene rings is 1. The largest absolute Gasteiger partial charge is 0.448 e. The fourth-order valence-electron chi connectivity index (χ4n) is 2.44. The zero-order valence-corrected chi connectivity index (χ0v) is 15.0. The molecule has 26 heavy (non-hydrogen) atoms. The van der Waals surface area contributed by atoms with Gasteiger partial charge in [0.2, 0.25) is 5.89 Å². The Morgan fingerprint density at radius 3 is 2.50 bits per heavy atom. The maximum Gasteiger partial charge on any atom is 0.355 e. The lowest BCUT2D eigenvalue weighted by Crippen LogP contribution is -2.12. The fourth-order valence-corrected chi connectivity index (χ4v) is 2.44. The van der Waals surface area contributed by atoms with Crippen molar-refractivity contribution in [2.75, 3.05) is 0 Å². The van der Waals surface area contributed by atoms with Crippen molar-refractivity contribution in [2.24, 2.45) is 7.05 Å². The van der Waals surface area contributed by atoms with E-state index in [2.05, 4.69) is 10.2 Å². The molecule has 1 aromatic carbocycles. The van der Waals surface area contributed by atoms with Crippen LogP contribution >= 0.6 is 0 Å². The zero-order chi connectivity index (χ0) is 18.8. The van der Waals surface area contributed by atoms with Crippen LogP contribution in [0.15, 0.2) is 40.9 Å². The Morgan fingerprint density at radius 2 is 1.88 bits per heavy atom. The zero-order valence-electron chi connectivity index (χ0n) is 15.0. The van der Waals surface area contributed by atoms with Crippen LogP contribution in [0, 0.1) is 6.92 Å². The smallest absolute Gasteiger partial charge is 0.355 e. The number of carbonyl (C=O) groups is 2. The molecule has 0 unspecified atom stereocenters. The van der Waals surface area contributed by atoms with E-state index in [1.165, 1.54) is 13.0 Å². The highest BCUT2D eigenvalue weighted by atomic mass is 16.6. The number of aryl methyl sites for hydroxylation is 2. The van der Waals surface area contributed by atoms with E-state index in [1.807, 2.05) is 31.2 Å². The second kappa shape index (κ2) is 6.95. The summed E-state index contributed by atoms with van der Waals surface area (Å²) in [6.45, 7) is 5.09. The van der Waals surface area contributed by atoms with Crippen LogP contribution in [0.2, 0.25) is 0 Å². The van der Waals surface area contributed by atoms with E-state index in [4.69, 9.17) is 9.15 Å². The van der Waals surface area contributed by atoms with Crippen LogP contribution in [-0.4, -0.2) is 26.5 Å². The summed E-state index contributed by atoms with van der Waals surface area (Å²) < 4.78 is 12.6. The van der Waals surface area contributed by atoms with Crippen LogP contribution in [0.25, 0.3) is 11.5 Å². The van der Waals surface area contributed by atoms with Crippen LogP contribution < -0.4 is 0 Å². The molecule has 1 atom stereocenters. The summed E-state index contributed by atoms with van der Waals surface area (Å²) in [6.07, 6.45) is 0.871. The molecule has 0 saturated carbocycles. The molecule has 0 radical (unpaired) electrons. The third-order valence-corrected chi connectivity index (χ3v) is 3.99. The molecule has 0 bridgehead atoms. The van der Waals surface area contributed by atoms with Crippen molar-refractivity contribution in [3.05, 3.63) is 59.2 Å². The summed E-state index contributed by atoms with van der Waals surface area (Å²) in [5.74, 6) is -0.120. The molecular formula is C19H19N3O4. The summed E-state index contributed by atoms with van der Waals surface area (Å²) >= 11 is 0. The first-order chi connectivity index (χ1) is 12.3. The molecule has 2 heterocycles. The van der Waals surface area contributed by atoms with Gasteiger partial charge in [-0.3, -0.25) is 4.79 Å². The van der Waals surface area contributed by atoms with Gasteiger partial charge in [0.1, 0.15) is 5.69 Å². The number of carbonyl (C=O) groups excluding carboxylic acids is 2. The maximum atomic E-state index is 12.4. The molecule has 0 aliphatic carbocycles. The Hall–Kier alpha value is -3.22. The number of hydrogen-bond donors (Lipinski definition) is 0. The molecule has 0 spiro atoms. The van der Waals surface area contributed by atoms with Gasteiger partial charge in [0.25, 0.3) is 5.89 Å². The van der Waals surface area contributed by atoms with Crippen LogP contribution in [0.1, 0.15) is 52.3 Å². The number of nitrogens with zero attached hydrogens (tertiary/aromatic N) is 3. The molecule has 0 aliphatic heterocycles. The second-order valence-corrected chi connectivity index (χ2v) is 6.14. The van der Waals surface area contributed by atoms with Crippen molar-refractivity contribution >= 4 is 11.8 Å². The normalized spacial score (nSPS) is 12.0. The molecule has 3 aromatic rings. The molecule has 3 rings (SSSR count). The van der Waals surface area contributed by atoms with E-state index < -0.39 is 12.1 Å². The number of esters is 1. The minimum Gasteiger partial charge on any atom is -0.448 e. The molecule has 7 heteroatoms. The molecule has 0 N–H and O–H groups in total. The fraction of sp³-hybridized carbons (Fsp3) is 0.263. The van der Waals surface area contributed by atoms with Gasteiger partial charge in [-0.2, -0.15) is 0 Å². The Balaban J connectivity index is 1.74. The first kappa shape index (κ1) is 17.6. The van der Waals surface area contributed by atoms with E-state index in [0.717, 1.165) is 11.1 Å². The van der Waals surface area contributed by atoms with Crippen LogP contribution in [-0.2, 0) is 11.8 Å². The number of hydrogen-bond acceptors (Lipinski definition) is 6. The lowest BCUT2D eigenvalue weighted by Gasteiger charge is -2.09. The van der Waals surface area contributed by atoms with Crippen molar-refractivity contribution in [3.8, 4) is 11.5 Å². The second-order valence-electron chi connectivity index (χ2n) is 6.14. The summed E-state index contributed by atoms with van der Waals surface area (Å²) in [5.41, 5.74) is 2.65. The molecule has 0 fully saturated rings. The van der Waals surface area contributed by atoms with E-state index in [-0.39, 0.29) is 17.4 Å². The highest BCUT2D eigenvalue weighted by molar-refractivity contribution is 5.97. The van der Waals surface area contributed by atoms with Gasteiger partial charge >= 0.3 is 5.97 Å². The lowest BCUT2D eigenvalue weighted by molar-refractivity contribution is 0.0269.